The molecule has 0 aliphatic carbocycles. The Labute approximate surface area is 148 Å². The lowest BCUT2D eigenvalue weighted by molar-refractivity contribution is 0.0932. The molecule has 134 valence electrons. The van der Waals surface area contributed by atoms with Crippen molar-refractivity contribution >= 4 is 15.7 Å². The molecular formula is C19H23NO4S. The predicted octanol–water partition coefficient (Wildman–Crippen LogP) is 3.37. The molecule has 0 saturated carbocycles. The Kier molecular flexibility index (Phi) is 6.20. The number of ether oxygens (including phenoxy) is 1. The Morgan fingerprint density at radius 3 is 2.28 bits per heavy atom. The smallest absolute Gasteiger partial charge is 0.253 e. The molecule has 2 aromatic rings. The van der Waals surface area contributed by atoms with Gasteiger partial charge in [0.25, 0.3) is 5.91 Å². The fraction of sp³-hybridized carbons (Fsp3) is 0.316. The molecule has 0 aromatic heterocycles. The summed E-state index contributed by atoms with van der Waals surface area (Å²) in [5.74, 6) is 0.298. The third kappa shape index (κ3) is 4.39. The van der Waals surface area contributed by atoms with Gasteiger partial charge in [0.2, 0.25) is 0 Å². The molecule has 1 atom stereocenters. The van der Waals surface area contributed by atoms with E-state index >= 15 is 0 Å². The summed E-state index contributed by atoms with van der Waals surface area (Å²) in [4.78, 5) is 12.8. The summed E-state index contributed by atoms with van der Waals surface area (Å²) in [5, 5.41) is 2.93. The molecule has 1 amide bonds. The summed E-state index contributed by atoms with van der Waals surface area (Å²) >= 11 is 0. The molecule has 2 rings (SSSR count). The molecule has 0 aliphatic heterocycles. The van der Waals surface area contributed by atoms with Crippen LogP contribution in [0, 0.1) is 0 Å². The van der Waals surface area contributed by atoms with Crippen molar-refractivity contribution in [3.63, 3.8) is 0 Å². The van der Waals surface area contributed by atoms with Crippen molar-refractivity contribution in [2.24, 2.45) is 0 Å². The van der Waals surface area contributed by atoms with Gasteiger partial charge in [0.1, 0.15) is 5.75 Å². The minimum atomic E-state index is -3.47. The molecule has 0 bridgehead atoms. The van der Waals surface area contributed by atoms with Crippen LogP contribution in [-0.4, -0.2) is 27.2 Å². The van der Waals surface area contributed by atoms with Gasteiger partial charge in [0, 0.05) is 0 Å². The van der Waals surface area contributed by atoms with E-state index in [0.29, 0.717) is 6.42 Å². The van der Waals surface area contributed by atoms with Crippen molar-refractivity contribution in [2.75, 3.05) is 12.9 Å². The molecule has 0 saturated heterocycles. The van der Waals surface area contributed by atoms with Crippen LogP contribution in [0.2, 0.25) is 0 Å². The third-order valence-corrected chi connectivity index (χ3v) is 5.86. The van der Waals surface area contributed by atoms with E-state index in [4.69, 9.17) is 4.74 Å². The zero-order chi connectivity index (χ0) is 18.4. The number of methoxy groups -OCH3 is 1. The van der Waals surface area contributed by atoms with Gasteiger partial charge in [-0.1, -0.05) is 38.1 Å². The number of amides is 1. The summed E-state index contributed by atoms with van der Waals surface area (Å²) < 4.78 is 29.6. The zero-order valence-corrected chi connectivity index (χ0v) is 15.5. The lowest BCUT2D eigenvalue weighted by Gasteiger charge is -2.19. The van der Waals surface area contributed by atoms with Crippen molar-refractivity contribution in [1.29, 1.82) is 0 Å². The Hall–Kier alpha value is -2.34. The fourth-order valence-corrected chi connectivity index (χ4v) is 3.67. The molecule has 0 heterocycles. The highest BCUT2D eigenvalue weighted by Gasteiger charge is 2.22. The first-order valence-corrected chi connectivity index (χ1v) is 9.84. The van der Waals surface area contributed by atoms with Crippen molar-refractivity contribution in [1.82, 2.24) is 5.32 Å². The standard InChI is InChI=1S/C19H23NO4S/c1-4-17(14-10-12-15(24-3)13-11-14)20-19(21)16-8-6-7-9-18(16)25(22,23)5-2/h6-13,17H,4-5H2,1-3H3,(H,20,21). The molecule has 2 aromatic carbocycles. The first-order chi connectivity index (χ1) is 11.9. The fourth-order valence-electron chi connectivity index (χ4n) is 2.57. The van der Waals surface area contributed by atoms with Gasteiger partial charge in [0.15, 0.2) is 9.84 Å². The lowest BCUT2D eigenvalue weighted by Crippen LogP contribution is -2.29. The number of nitrogens with one attached hydrogen (secondary N) is 1. The SMILES string of the molecule is CCC(NC(=O)c1ccccc1S(=O)(=O)CC)c1ccc(OC)cc1. The maximum absolute atomic E-state index is 12.7. The minimum Gasteiger partial charge on any atom is -0.497 e. The number of carbonyl (C=O) groups excluding carboxylic acids is 1. The number of carbonyl (C=O) groups is 1. The van der Waals surface area contributed by atoms with Gasteiger partial charge >= 0.3 is 0 Å². The second kappa shape index (κ2) is 8.16. The Bertz CT molecular complexity index is 829. The molecule has 0 aliphatic rings. The molecular weight excluding hydrogens is 338 g/mol. The highest BCUT2D eigenvalue weighted by Crippen LogP contribution is 2.22. The van der Waals surface area contributed by atoms with Crippen molar-refractivity contribution in [3.8, 4) is 5.75 Å². The topological polar surface area (TPSA) is 72.5 Å². The number of rotatable bonds is 7. The van der Waals surface area contributed by atoms with Gasteiger partial charge in [-0.05, 0) is 36.2 Å². The van der Waals surface area contributed by atoms with Gasteiger partial charge in [0.05, 0.1) is 29.4 Å². The molecule has 6 heteroatoms. The maximum Gasteiger partial charge on any atom is 0.253 e. The molecule has 0 spiro atoms. The van der Waals surface area contributed by atoms with Crippen LogP contribution < -0.4 is 10.1 Å². The van der Waals surface area contributed by atoms with Crippen LogP contribution in [-0.2, 0) is 9.84 Å². The Morgan fingerprint density at radius 1 is 1.08 bits per heavy atom. The van der Waals surface area contributed by atoms with Gasteiger partial charge in [-0.15, -0.1) is 0 Å². The Balaban J connectivity index is 2.28. The number of hydrogen-bond donors (Lipinski definition) is 1. The predicted molar refractivity (Wildman–Crippen MR) is 97.7 cm³/mol. The first-order valence-electron chi connectivity index (χ1n) is 8.19. The zero-order valence-electron chi connectivity index (χ0n) is 14.7. The van der Waals surface area contributed by atoms with E-state index in [-0.39, 0.29) is 22.3 Å². The second-order valence-electron chi connectivity index (χ2n) is 5.61. The average Bonchev–Trinajstić information content (AvgIpc) is 2.66. The van der Waals surface area contributed by atoms with Gasteiger partial charge in [-0.2, -0.15) is 0 Å². The van der Waals surface area contributed by atoms with E-state index in [2.05, 4.69) is 5.32 Å². The normalized spacial score (nSPS) is 12.4. The van der Waals surface area contributed by atoms with E-state index in [1.165, 1.54) is 6.07 Å². The van der Waals surface area contributed by atoms with Crippen LogP contribution in [0.25, 0.3) is 0 Å². The summed E-state index contributed by atoms with van der Waals surface area (Å²) in [7, 11) is -1.87. The van der Waals surface area contributed by atoms with Gasteiger partial charge in [-0.25, -0.2) is 8.42 Å². The van der Waals surface area contributed by atoms with Crippen LogP contribution in [0.3, 0.4) is 0 Å². The largest absolute Gasteiger partial charge is 0.497 e. The minimum absolute atomic E-state index is 0.0486. The van der Waals surface area contributed by atoms with Crippen molar-refractivity contribution in [3.05, 3.63) is 59.7 Å². The highest BCUT2D eigenvalue weighted by molar-refractivity contribution is 7.91. The van der Waals surface area contributed by atoms with E-state index in [0.717, 1.165) is 11.3 Å². The number of hydrogen-bond acceptors (Lipinski definition) is 4. The number of sulfone groups is 1. The quantitative estimate of drug-likeness (QED) is 0.821. The highest BCUT2D eigenvalue weighted by atomic mass is 32.2. The van der Waals surface area contributed by atoms with E-state index < -0.39 is 15.7 Å². The summed E-state index contributed by atoms with van der Waals surface area (Å²) in [6.45, 7) is 3.53. The molecule has 1 N–H and O–H groups in total. The maximum atomic E-state index is 12.7. The van der Waals surface area contributed by atoms with E-state index in [9.17, 15) is 13.2 Å². The van der Waals surface area contributed by atoms with Gasteiger partial charge < -0.3 is 10.1 Å². The van der Waals surface area contributed by atoms with Crippen LogP contribution in [0.15, 0.2) is 53.4 Å². The monoisotopic (exact) mass is 361 g/mol. The Morgan fingerprint density at radius 2 is 1.72 bits per heavy atom. The summed E-state index contributed by atoms with van der Waals surface area (Å²) in [6.07, 6.45) is 0.681. The van der Waals surface area contributed by atoms with Crippen LogP contribution in [0.4, 0.5) is 0 Å². The lowest BCUT2D eigenvalue weighted by atomic mass is 10.0. The summed E-state index contributed by atoms with van der Waals surface area (Å²) in [6, 6.07) is 13.5. The average molecular weight is 361 g/mol. The van der Waals surface area contributed by atoms with Crippen LogP contribution in [0.5, 0.6) is 5.75 Å². The molecule has 5 nitrogen and oxygen atoms in total. The second-order valence-corrected chi connectivity index (χ2v) is 7.85. The molecule has 25 heavy (non-hydrogen) atoms. The summed E-state index contributed by atoms with van der Waals surface area (Å²) in [5.41, 5.74) is 1.11. The number of benzene rings is 2. The van der Waals surface area contributed by atoms with Gasteiger partial charge in [-0.3, -0.25) is 4.79 Å². The molecule has 0 radical (unpaired) electrons. The van der Waals surface area contributed by atoms with E-state index in [1.807, 2.05) is 31.2 Å². The first kappa shape index (κ1) is 19.0. The van der Waals surface area contributed by atoms with Crippen molar-refractivity contribution < 1.29 is 17.9 Å². The molecule has 0 fully saturated rings. The van der Waals surface area contributed by atoms with Crippen LogP contribution in [0.1, 0.15) is 42.2 Å². The van der Waals surface area contributed by atoms with Crippen LogP contribution >= 0.6 is 0 Å². The third-order valence-electron chi connectivity index (χ3n) is 4.08. The van der Waals surface area contributed by atoms with Crippen molar-refractivity contribution in [2.45, 2.75) is 31.2 Å². The van der Waals surface area contributed by atoms with E-state index in [1.54, 1.807) is 32.2 Å². The molecule has 1 unspecified atom stereocenters.